The zero-order valence-electron chi connectivity index (χ0n) is 10.6. The molecular weight excluding hydrogens is 260 g/mol. The van der Waals surface area contributed by atoms with Crippen LogP contribution in [0.3, 0.4) is 0 Å². The molecule has 0 aliphatic carbocycles. The van der Waals surface area contributed by atoms with Crippen molar-refractivity contribution in [1.29, 1.82) is 0 Å². The largest absolute Gasteiger partial charge is 0.507 e. The minimum absolute atomic E-state index is 0.0634. The highest BCUT2D eigenvalue weighted by atomic mass is 16.5. The Morgan fingerprint density at radius 1 is 1.10 bits per heavy atom. The van der Waals surface area contributed by atoms with E-state index in [9.17, 15) is 15.0 Å². The normalized spacial score (nSPS) is 10.2. The molecule has 0 atom stereocenters. The van der Waals surface area contributed by atoms with Crippen LogP contribution in [0.2, 0.25) is 0 Å². The number of aromatic carboxylic acids is 1. The Morgan fingerprint density at radius 3 is 2.40 bits per heavy atom. The average Bonchev–Trinajstić information content (AvgIpc) is 2.46. The Bertz CT molecular complexity index is 607. The van der Waals surface area contributed by atoms with Gasteiger partial charge in [0.1, 0.15) is 23.7 Å². The molecule has 5 heteroatoms. The molecule has 0 spiro atoms. The van der Waals surface area contributed by atoms with Gasteiger partial charge in [-0.3, -0.25) is 0 Å². The fourth-order valence-electron chi connectivity index (χ4n) is 1.88. The third-order valence-electron chi connectivity index (χ3n) is 2.86. The number of hydrogen-bond acceptors (Lipinski definition) is 4. The third-order valence-corrected chi connectivity index (χ3v) is 2.86. The molecule has 0 aliphatic heterocycles. The standard InChI is InChI=1S/C15H14O5/c16-8-11-13(7-6-12(17)14(11)15(18)19)20-9-10-4-2-1-3-5-10/h1-7,16-17H,8-9H2,(H,18,19). The van der Waals surface area contributed by atoms with E-state index in [1.54, 1.807) is 0 Å². The Labute approximate surface area is 115 Å². The van der Waals surface area contributed by atoms with Crippen LogP contribution >= 0.6 is 0 Å². The average molecular weight is 274 g/mol. The molecule has 0 aliphatic rings. The number of aliphatic hydroxyl groups is 1. The quantitative estimate of drug-likeness (QED) is 0.777. The zero-order valence-corrected chi connectivity index (χ0v) is 10.6. The Balaban J connectivity index is 2.28. The number of aliphatic hydroxyl groups excluding tert-OH is 1. The molecule has 0 saturated carbocycles. The first kappa shape index (κ1) is 13.9. The maximum Gasteiger partial charge on any atom is 0.339 e. The summed E-state index contributed by atoms with van der Waals surface area (Å²) >= 11 is 0. The molecule has 3 N–H and O–H groups in total. The van der Waals surface area contributed by atoms with Crippen LogP contribution in [0.15, 0.2) is 42.5 Å². The first-order chi connectivity index (χ1) is 9.63. The SMILES string of the molecule is O=C(O)c1c(O)ccc(OCc2ccccc2)c1CO. The first-order valence-electron chi connectivity index (χ1n) is 5.99. The summed E-state index contributed by atoms with van der Waals surface area (Å²) in [6, 6.07) is 12.0. The van der Waals surface area contributed by atoms with Crippen LogP contribution in [-0.2, 0) is 13.2 Å². The van der Waals surface area contributed by atoms with E-state index in [0.717, 1.165) is 5.56 Å². The minimum Gasteiger partial charge on any atom is -0.507 e. The number of ether oxygens (including phenoxy) is 1. The van der Waals surface area contributed by atoms with Gasteiger partial charge < -0.3 is 20.1 Å². The molecule has 104 valence electrons. The van der Waals surface area contributed by atoms with Gasteiger partial charge in [-0.2, -0.15) is 0 Å². The van der Waals surface area contributed by atoms with Crippen molar-refractivity contribution in [2.45, 2.75) is 13.2 Å². The molecule has 2 rings (SSSR count). The van der Waals surface area contributed by atoms with Gasteiger partial charge >= 0.3 is 5.97 Å². The summed E-state index contributed by atoms with van der Waals surface area (Å²) in [5.74, 6) is -1.46. The van der Waals surface area contributed by atoms with Crippen molar-refractivity contribution in [3.05, 3.63) is 59.2 Å². The van der Waals surface area contributed by atoms with Crippen molar-refractivity contribution >= 4 is 5.97 Å². The molecule has 0 radical (unpaired) electrons. The highest BCUT2D eigenvalue weighted by Crippen LogP contribution is 2.30. The number of carboxylic acid groups (broad SMARTS) is 1. The molecule has 0 unspecified atom stereocenters. The van der Waals surface area contributed by atoms with Crippen LogP contribution in [0.1, 0.15) is 21.5 Å². The number of benzene rings is 2. The molecule has 20 heavy (non-hydrogen) atoms. The fourth-order valence-corrected chi connectivity index (χ4v) is 1.88. The van der Waals surface area contributed by atoms with Crippen LogP contribution < -0.4 is 4.74 Å². The molecule has 5 nitrogen and oxygen atoms in total. The molecule has 0 heterocycles. The molecule has 0 bridgehead atoms. The zero-order chi connectivity index (χ0) is 14.5. The van der Waals surface area contributed by atoms with E-state index in [-0.39, 0.29) is 23.5 Å². The summed E-state index contributed by atoms with van der Waals surface area (Å²) < 4.78 is 5.53. The smallest absolute Gasteiger partial charge is 0.339 e. The van der Waals surface area contributed by atoms with Gasteiger partial charge in [-0.05, 0) is 17.7 Å². The molecule has 0 fully saturated rings. The van der Waals surface area contributed by atoms with Crippen molar-refractivity contribution < 1.29 is 24.9 Å². The van der Waals surface area contributed by atoms with Gasteiger partial charge in [0, 0.05) is 5.56 Å². The molecule has 2 aromatic rings. The predicted molar refractivity (Wildman–Crippen MR) is 71.8 cm³/mol. The Hall–Kier alpha value is -2.53. The summed E-state index contributed by atoms with van der Waals surface area (Å²) in [6.45, 7) is -0.280. The van der Waals surface area contributed by atoms with Crippen molar-refractivity contribution in [2.75, 3.05) is 0 Å². The Morgan fingerprint density at radius 2 is 1.80 bits per heavy atom. The lowest BCUT2D eigenvalue weighted by Crippen LogP contribution is -2.06. The Kier molecular flexibility index (Phi) is 4.22. The molecule has 0 saturated heterocycles. The van der Waals surface area contributed by atoms with Gasteiger partial charge in [0.15, 0.2) is 0 Å². The van der Waals surface area contributed by atoms with Gasteiger partial charge in [-0.15, -0.1) is 0 Å². The van der Waals surface area contributed by atoms with E-state index < -0.39 is 18.3 Å². The fraction of sp³-hybridized carbons (Fsp3) is 0.133. The van der Waals surface area contributed by atoms with Gasteiger partial charge in [-0.1, -0.05) is 30.3 Å². The summed E-state index contributed by atoms with van der Waals surface area (Å²) in [5.41, 5.74) is 0.646. The van der Waals surface area contributed by atoms with E-state index in [1.807, 2.05) is 30.3 Å². The van der Waals surface area contributed by atoms with E-state index in [0.29, 0.717) is 0 Å². The molecule has 0 amide bonds. The summed E-state index contributed by atoms with van der Waals surface area (Å²) in [4.78, 5) is 11.1. The first-order valence-corrected chi connectivity index (χ1v) is 5.99. The third kappa shape index (κ3) is 2.89. The molecule has 2 aromatic carbocycles. The van der Waals surface area contributed by atoms with Crippen molar-refractivity contribution in [2.24, 2.45) is 0 Å². The van der Waals surface area contributed by atoms with Gasteiger partial charge in [-0.25, -0.2) is 4.79 Å². The second-order valence-electron chi connectivity index (χ2n) is 4.17. The number of carbonyl (C=O) groups is 1. The number of hydrogen-bond donors (Lipinski definition) is 3. The van der Waals surface area contributed by atoms with Crippen LogP contribution in [-0.4, -0.2) is 21.3 Å². The monoisotopic (exact) mass is 274 g/mol. The predicted octanol–water partition coefficient (Wildman–Crippen LogP) is 2.16. The lowest BCUT2D eigenvalue weighted by Gasteiger charge is -2.13. The number of aromatic hydroxyl groups is 1. The maximum atomic E-state index is 11.1. The summed E-state index contributed by atoms with van der Waals surface area (Å²) in [7, 11) is 0. The van der Waals surface area contributed by atoms with Crippen LogP contribution in [0, 0.1) is 0 Å². The second-order valence-corrected chi connectivity index (χ2v) is 4.17. The molecule has 0 aromatic heterocycles. The van der Waals surface area contributed by atoms with E-state index in [1.165, 1.54) is 12.1 Å². The van der Waals surface area contributed by atoms with Gasteiger partial charge in [0.25, 0.3) is 0 Å². The second kappa shape index (κ2) is 6.08. The van der Waals surface area contributed by atoms with Crippen molar-refractivity contribution in [3.63, 3.8) is 0 Å². The number of rotatable bonds is 5. The van der Waals surface area contributed by atoms with Crippen LogP contribution in [0.25, 0.3) is 0 Å². The van der Waals surface area contributed by atoms with E-state index in [2.05, 4.69) is 0 Å². The number of phenols is 1. The maximum absolute atomic E-state index is 11.1. The lowest BCUT2D eigenvalue weighted by atomic mass is 10.1. The summed E-state index contributed by atoms with van der Waals surface area (Å²) in [6.07, 6.45) is 0. The topological polar surface area (TPSA) is 87.0 Å². The van der Waals surface area contributed by atoms with Gasteiger partial charge in [0.2, 0.25) is 0 Å². The molecular formula is C15H14O5. The minimum atomic E-state index is -1.31. The number of carboxylic acids is 1. The lowest BCUT2D eigenvalue weighted by molar-refractivity contribution is 0.0689. The van der Waals surface area contributed by atoms with Crippen molar-refractivity contribution in [1.82, 2.24) is 0 Å². The van der Waals surface area contributed by atoms with E-state index in [4.69, 9.17) is 9.84 Å². The summed E-state index contributed by atoms with van der Waals surface area (Å²) in [5, 5.41) is 27.9. The van der Waals surface area contributed by atoms with Crippen LogP contribution in [0.5, 0.6) is 11.5 Å². The van der Waals surface area contributed by atoms with Gasteiger partial charge in [0.05, 0.1) is 6.61 Å². The highest BCUT2D eigenvalue weighted by Gasteiger charge is 2.19. The van der Waals surface area contributed by atoms with E-state index >= 15 is 0 Å². The van der Waals surface area contributed by atoms with Crippen LogP contribution in [0.4, 0.5) is 0 Å². The highest BCUT2D eigenvalue weighted by molar-refractivity contribution is 5.93. The van der Waals surface area contributed by atoms with Crippen molar-refractivity contribution in [3.8, 4) is 11.5 Å².